The maximum atomic E-state index is 13.2. The number of hydrogen-bond acceptors (Lipinski definition) is 4. The molecule has 5 nitrogen and oxygen atoms in total. The molecule has 0 saturated heterocycles. The van der Waals surface area contributed by atoms with Gasteiger partial charge >= 0.3 is 5.97 Å². The zero-order valence-corrected chi connectivity index (χ0v) is 19.2. The first-order valence-corrected chi connectivity index (χ1v) is 12.0. The number of rotatable bonds is 12. The lowest BCUT2D eigenvalue weighted by Gasteiger charge is -2.31. The van der Waals surface area contributed by atoms with Gasteiger partial charge < -0.3 is 14.4 Å². The van der Waals surface area contributed by atoms with Gasteiger partial charge in [-0.25, -0.2) is 4.39 Å². The molecule has 0 aliphatic heterocycles. The second-order valence-corrected chi connectivity index (χ2v) is 9.04. The third-order valence-corrected chi connectivity index (χ3v) is 6.18. The van der Waals surface area contributed by atoms with E-state index in [4.69, 9.17) is 4.74 Å². The van der Waals surface area contributed by atoms with Crippen molar-refractivity contribution in [2.24, 2.45) is 5.92 Å². The van der Waals surface area contributed by atoms with Crippen molar-refractivity contribution in [3.8, 4) is 0 Å². The molecule has 1 fully saturated rings. The Morgan fingerprint density at radius 1 is 1.22 bits per heavy atom. The summed E-state index contributed by atoms with van der Waals surface area (Å²) in [5, 5.41) is 10.6. The first kappa shape index (κ1) is 24.5. The fourth-order valence-corrected chi connectivity index (χ4v) is 4.52. The van der Waals surface area contributed by atoms with Gasteiger partial charge in [0.25, 0.3) is 0 Å². The van der Waals surface area contributed by atoms with Gasteiger partial charge in [-0.05, 0) is 55.0 Å². The number of carbonyl (C=O) groups excluding carboxylic acids is 1. The Kier molecular flexibility index (Phi) is 9.75. The van der Waals surface area contributed by atoms with Crippen molar-refractivity contribution in [3.05, 3.63) is 59.7 Å². The van der Waals surface area contributed by atoms with E-state index in [2.05, 4.69) is 15.5 Å². The van der Waals surface area contributed by atoms with Crippen LogP contribution in [-0.4, -0.2) is 46.3 Å². The van der Waals surface area contributed by atoms with Crippen LogP contribution < -0.4 is 0 Å². The molecule has 0 amide bonds. The largest absolute Gasteiger partial charge is 0.463 e. The molecule has 176 valence electrons. The number of aromatic nitrogens is 1. The molecule has 1 aromatic heterocycles. The second kappa shape index (κ2) is 12.8. The smallest absolute Gasteiger partial charge is 0.305 e. The topological polar surface area (TPSA) is 54.7 Å². The second-order valence-electron chi connectivity index (χ2n) is 9.04. The van der Waals surface area contributed by atoms with Crippen molar-refractivity contribution in [3.63, 3.8) is 0 Å². The summed E-state index contributed by atoms with van der Waals surface area (Å²) >= 11 is 0. The van der Waals surface area contributed by atoms with Gasteiger partial charge in [-0.2, -0.15) is 0 Å². The fraction of sp³-hybridized carbons (Fsp3) is 0.577. The first-order valence-electron chi connectivity index (χ1n) is 12.0. The van der Waals surface area contributed by atoms with Crippen molar-refractivity contribution in [2.45, 2.75) is 71.1 Å². The Labute approximate surface area is 191 Å². The standard InChI is InChI=1S/C26H37FN2O3/c1-2-7-26(31)32-20-25(30)19-28(16-21-8-4-3-5-9-21)18-24-10-6-15-29(24)17-22-11-13-23(27)14-12-22/h6,10-15,21,25,30H,2-5,7-9,16-20H2,1H3. The quantitative estimate of drug-likeness (QED) is 0.480. The maximum absolute atomic E-state index is 13.2. The van der Waals surface area contributed by atoms with Gasteiger partial charge in [0.2, 0.25) is 0 Å². The van der Waals surface area contributed by atoms with Crippen LogP contribution in [0.2, 0.25) is 0 Å². The van der Waals surface area contributed by atoms with E-state index in [1.165, 1.54) is 44.2 Å². The zero-order chi connectivity index (χ0) is 22.8. The molecule has 0 radical (unpaired) electrons. The molecule has 32 heavy (non-hydrogen) atoms. The normalized spacial score (nSPS) is 15.8. The summed E-state index contributed by atoms with van der Waals surface area (Å²) < 4.78 is 20.7. The van der Waals surface area contributed by atoms with Crippen molar-refractivity contribution in [1.29, 1.82) is 0 Å². The van der Waals surface area contributed by atoms with E-state index < -0.39 is 6.10 Å². The number of nitrogens with zero attached hydrogens (tertiary/aromatic N) is 2. The summed E-state index contributed by atoms with van der Waals surface area (Å²) in [4.78, 5) is 14.0. The predicted molar refractivity (Wildman–Crippen MR) is 124 cm³/mol. The first-order chi connectivity index (χ1) is 15.5. The van der Waals surface area contributed by atoms with Crippen molar-refractivity contribution < 1.29 is 19.0 Å². The van der Waals surface area contributed by atoms with Crippen LogP contribution >= 0.6 is 0 Å². The van der Waals surface area contributed by atoms with Gasteiger partial charge in [0, 0.05) is 44.5 Å². The number of aliphatic hydroxyl groups is 1. The predicted octanol–water partition coefficient (Wildman–Crippen LogP) is 4.76. The highest BCUT2D eigenvalue weighted by Gasteiger charge is 2.21. The lowest BCUT2D eigenvalue weighted by atomic mass is 9.89. The zero-order valence-electron chi connectivity index (χ0n) is 19.2. The van der Waals surface area contributed by atoms with E-state index in [1.807, 2.05) is 31.3 Å². The summed E-state index contributed by atoms with van der Waals surface area (Å²) in [5.41, 5.74) is 2.20. The fourth-order valence-electron chi connectivity index (χ4n) is 4.52. The van der Waals surface area contributed by atoms with Crippen molar-refractivity contribution in [2.75, 3.05) is 19.7 Å². The van der Waals surface area contributed by atoms with Crippen LogP contribution in [0.25, 0.3) is 0 Å². The Bertz CT molecular complexity index is 815. The van der Waals surface area contributed by atoms with Crippen molar-refractivity contribution >= 4 is 5.97 Å². The van der Waals surface area contributed by atoms with Gasteiger partial charge in [-0.1, -0.05) is 38.3 Å². The Hall–Kier alpha value is -2.18. The SMILES string of the molecule is CCCC(=O)OCC(O)CN(Cc1cccn1Cc1ccc(F)cc1)CC1CCCCC1. The van der Waals surface area contributed by atoms with Gasteiger partial charge in [-0.3, -0.25) is 9.69 Å². The van der Waals surface area contributed by atoms with Crippen LogP contribution in [0, 0.1) is 11.7 Å². The van der Waals surface area contributed by atoms with Gasteiger partial charge in [0.1, 0.15) is 18.5 Å². The lowest BCUT2D eigenvalue weighted by molar-refractivity contribution is -0.147. The summed E-state index contributed by atoms with van der Waals surface area (Å²) in [5.74, 6) is 0.159. The Morgan fingerprint density at radius 3 is 2.69 bits per heavy atom. The number of benzene rings is 1. The monoisotopic (exact) mass is 444 g/mol. The molecular weight excluding hydrogens is 407 g/mol. The van der Waals surface area contributed by atoms with E-state index in [0.29, 0.717) is 32.0 Å². The van der Waals surface area contributed by atoms with E-state index in [1.54, 1.807) is 0 Å². The number of esters is 1. The molecule has 1 aliphatic carbocycles. The molecule has 1 heterocycles. The van der Waals surface area contributed by atoms with Gasteiger partial charge in [-0.15, -0.1) is 0 Å². The number of hydrogen-bond donors (Lipinski definition) is 1. The third kappa shape index (κ3) is 8.06. The van der Waals surface area contributed by atoms with E-state index >= 15 is 0 Å². The number of carbonyl (C=O) groups is 1. The average Bonchev–Trinajstić information content (AvgIpc) is 3.21. The molecule has 1 aliphatic rings. The molecule has 2 aromatic rings. The minimum absolute atomic E-state index is 0.0383. The lowest BCUT2D eigenvalue weighted by Crippen LogP contribution is -2.38. The highest BCUT2D eigenvalue weighted by atomic mass is 19.1. The summed E-state index contributed by atoms with van der Waals surface area (Å²) in [6, 6.07) is 10.7. The van der Waals surface area contributed by atoms with Crippen LogP contribution in [0.15, 0.2) is 42.6 Å². The number of ether oxygens (including phenoxy) is 1. The molecule has 1 saturated carbocycles. The minimum Gasteiger partial charge on any atom is -0.463 e. The number of aliphatic hydroxyl groups excluding tert-OH is 1. The molecule has 0 bridgehead atoms. The molecule has 1 atom stereocenters. The Balaban J connectivity index is 1.63. The Morgan fingerprint density at radius 2 is 1.97 bits per heavy atom. The minimum atomic E-state index is -0.708. The van der Waals surface area contributed by atoms with E-state index in [9.17, 15) is 14.3 Å². The van der Waals surface area contributed by atoms with Crippen LogP contribution in [0.5, 0.6) is 0 Å². The molecule has 1 aromatic carbocycles. The maximum Gasteiger partial charge on any atom is 0.305 e. The van der Waals surface area contributed by atoms with E-state index in [-0.39, 0.29) is 18.4 Å². The highest BCUT2D eigenvalue weighted by Crippen LogP contribution is 2.25. The summed E-state index contributed by atoms with van der Waals surface area (Å²) in [6.07, 6.45) is 8.78. The molecular formula is C26H37FN2O3. The van der Waals surface area contributed by atoms with Gasteiger partial charge in [0.05, 0.1) is 0 Å². The number of halogens is 1. The summed E-state index contributed by atoms with van der Waals surface area (Å²) in [7, 11) is 0. The summed E-state index contributed by atoms with van der Waals surface area (Å²) in [6.45, 7) is 4.77. The van der Waals surface area contributed by atoms with Crippen LogP contribution in [0.4, 0.5) is 4.39 Å². The van der Waals surface area contributed by atoms with Crippen molar-refractivity contribution in [1.82, 2.24) is 9.47 Å². The van der Waals surface area contributed by atoms with Crippen LogP contribution in [-0.2, 0) is 22.6 Å². The van der Waals surface area contributed by atoms with Gasteiger partial charge in [0.15, 0.2) is 0 Å². The average molecular weight is 445 g/mol. The van der Waals surface area contributed by atoms with Crippen LogP contribution in [0.3, 0.4) is 0 Å². The molecule has 6 heteroatoms. The highest BCUT2D eigenvalue weighted by molar-refractivity contribution is 5.69. The third-order valence-electron chi connectivity index (χ3n) is 6.18. The van der Waals surface area contributed by atoms with Crippen LogP contribution in [0.1, 0.15) is 63.1 Å². The molecule has 3 rings (SSSR count). The molecule has 0 spiro atoms. The molecule has 1 unspecified atom stereocenters. The molecule has 1 N–H and O–H groups in total. The van der Waals surface area contributed by atoms with E-state index in [0.717, 1.165) is 24.2 Å².